The summed E-state index contributed by atoms with van der Waals surface area (Å²) in [6, 6.07) is 4.50. The third kappa shape index (κ3) is 2.64. The molecule has 78 valence electrons. The molecule has 0 aliphatic heterocycles. The molecule has 0 bridgehead atoms. The molecule has 0 amide bonds. The van der Waals surface area contributed by atoms with Crippen molar-refractivity contribution in [3.8, 4) is 0 Å². The topological polar surface area (TPSA) is 38.0 Å². The van der Waals surface area contributed by atoms with Gasteiger partial charge in [0.15, 0.2) is 0 Å². The first-order valence-electron chi connectivity index (χ1n) is 4.86. The first-order valence-corrected chi connectivity index (χ1v) is 5.66. The van der Waals surface area contributed by atoms with E-state index in [0.29, 0.717) is 6.04 Å². The Kier molecular flexibility index (Phi) is 3.81. The van der Waals surface area contributed by atoms with Crippen molar-refractivity contribution in [2.45, 2.75) is 33.2 Å². The summed E-state index contributed by atoms with van der Waals surface area (Å²) in [5, 5.41) is 3.43. The van der Waals surface area contributed by atoms with Crippen LogP contribution in [-0.2, 0) is 0 Å². The van der Waals surface area contributed by atoms with Gasteiger partial charge in [0.2, 0.25) is 0 Å². The molecule has 3 N–H and O–H groups in total. The highest BCUT2D eigenvalue weighted by molar-refractivity contribution is 9.10. The van der Waals surface area contributed by atoms with E-state index in [1.54, 1.807) is 0 Å². The number of nitrogens with two attached hydrogens (primary N) is 1. The SMILES string of the molecule is CCC(C)Nc1cc(C)c(N)cc1Br. The Bertz CT molecular complexity index is 323. The summed E-state index contributed by atoms with van der Waals surface area (Å²) < 4.78 is 1.03. The predicted octanol–water partition coefficient (Wildman–Crippen LogP) is 3.55. The maximum atomic E-state index is 5.80. The number of halogens is 1. The van der Waals surface area contributed by atoms with E-state index in [0.717, 1.165) is 27.8 Å². The van der Waals surface area contributed by atoms with Gasteiger partial charge in [-0.25, -0.2) is 0 Å². The largest absolute Gasteiger partial charge is 0.398 e. The van der Waals surface area contributed by atoms with Crippen LogP contribution >= 0.6 is 15.9 Å². The molecule has 2 nitrogen and oxygen atoms in total. The van der Waals surface area contributed by atoms with E-state index in [1.165, 1.54) is 0 Å². The summed E-state index contributed by atoms with van der Waals surface area (Å²) >= 11 is 3.50. The Morgan fingerprint density at radius 1 is 1.50 bits per heavy atom. The lowest BCUT2D eigenvalue weighted by Gasteiger charge is -2.15. The van der Waals surface area contributed by atoms with Gasteiger partial charge in [-0.05, 0) is 53.9 Å². The fourth-order valence-corrected chi connectivity index (χ4v) is 1.65. The second-order valence-corrected chi connectivity index (χ2v) is 4.50. The van der Waals surface area contributed by atoms with Gasteiger partial charge in [0.05, 0.1) is 0 Å². The first kappa shape index (κ1) is 11.4. The van der Waals surface area contributed by atoms with Gasteiger partial charge in [0, 0.05) is 21.9 Å². The Hall–Kier alpha value is -0.700. The highest BCUT2D eigenvalue weighted by atomic mass is 79.9. The van der Waals surface area contributed by atoms with Gasteiger partial charge in [-0.3, -0.25) is 0 Å². The van der Waals surface area contributed by atoms with Crippen LogP contribution < -0.4 is 11.1 Å². The van der Waals surface area contributed by atoms with Crippen molar-refractivity contribution in [3.63, 3.8) is 0 Å². The van der Waals surface area contributed by atoms with Gasteiger partial charge in [-0.2, -0.15) is 0 Å². The Morgan fingerprint density at radius 3 is 2.71 bits per heavy atom. The molecule has 1 aromatic rings. The van der Waals surface area contributed by atoms with Crippen molar-refractivity contribution < 1.29 is 0 Å². The first-order chi connectivity index (χ1) is 6.54. The van der Waals surface area contributed by atoms with E-state index in [9.17, 15) is 0 Å². The minimum atomic E-state index is 0.481. The van der Waals surface area contributed by atoms with Crippen molar-refractivity contribution in [1.29, 1.82) is 0 Å². The minimum Gasteiger partial charge on any atom is -0.398 e. The zero-order valence-electron chi connectivity index (χ0n) is 8.89. The monoisotopic (exact) mass is 256 g/mol. The van der Waals surface area contributed by atoms with E-state index >= 15 is 0 Å². The number of benzene rings is 1. The molecule has 0 saturated carbocycles. The molecule has 1 rings (SSSR count). The van der Waals surface area contributed by atoms with Crippen molar-refractivity contribution in [2.24, 2.45) is 0 Å². The van der Waals surface area contributed by atoms with Crippen molar-refractivity contribution in [1.82, 2.24) is 0 Å². The minimum absolute atomic E-state index is 0.481. The third-order valence-corrected chi connectivity index (χ3v) is 3.03. The summed E-state index contributed by atoms with van der Waals surface area (Å²) in [6.45, 7) is 6.34. The molecule has 1 aromatic carbocycles. The molecule has 0 aliphatic carbocycles. The Labute approximate surface area is 94.0 Å². The van der Waals surface area contributed by atoms with E-state index in [2.05, 4.69) is 41.2 Å². The molecule has 0 radical (unpaired) electrons. The van der Waals surface area contributed by atoms with Crippen molar-refractivity contribution in [3.05, 3.63) is 22.2 Å². The highest BCUT2D eigenvalue weighted by Crippen LogP contribution is 2.28. The maximum absolute atomic E-state index is 5.80. The zero-order chi connectivity index (χ0) is 10.7. The number of nitrogen functional groups attached to an aromatic ring is 1. The van der Waals surface area contributed by atoms with Gasteiger partial charge in [0.25, 0.3) is 0 Å². The van der Waals surface area contributed by atoms with Crippen LogP contribution in [-0.4, -0.2) is 6.04 Å². The predicted molar refractivity (Wildman–Crippen MR) is 66.7 cm³/mol. The van der Waals surface area contributed by atoms with Crippen LogP contribution in [0.25, 0.3) is 0 Å². The summed E-state index contributed by atoms with van der Waals surface area (Å²) in [5.74, 6) is 0. The molecule has 1 unspecified atom stereocenters. The Morgan fingerprint density at radius 2 is 2.14 bits per heavy atom. The van der Waals surface area contributed by atoms with E-state index < -0.39 is 0 Å². The Balaban J connectivity index is 2.92. The van der Waals surface area contributed by atoms with Gasteiger partial charge >= 0.3 is 0 Å². The average molecular weight is 257 g/mol. The fraction of sp³-hybridized carbons (Fsp3) is 0.455. The number of hydrogen-bond acceptors (Lipinski definition) is 2. The lowest BCUT2D eigenvalue weighted by molar-refractivity contribution is 0.763. The lowest BCUT2D eigenvalue weighted by Crippen LogP contribution is -2.14. The number of rotatable bonds is 3. The van der Waals surface area contributed by atoms with Crippen molar-refractivity contribution >= 4 is 27.3 Å². The summed E-state index contributed by atoms with van der Waals surface area (Å²) in [6.07, 6.45) is 1.11. The number of hydrogen-bond donors (Lipinski definition) is 2. The van der Waals surface area contributed by atoms with Crippen LogP contribution in [0.15, 0.2) is 16.6 Å². The number of anilines is 2. The highest BCUT2D eigenvalue weighted by Gasteiger charge is 2.05. The van der Waals surface area contributed by atoms with Crippen LogP contribution in [0.5, 0.6) is 0 Å². The van der Waals surface area contributed by atoms with E-state index in [1.807, 2.05) is 13.0 Å². The van der Waals surface area contributed by atoms with E-state index in [4.69, 9.17) is 5.73 Å². The summed E-state index contributed by atoms with van der Waals surface area (Å²) in [5.41, 5.74) is 8.85. The molecule has 1 atom stereocenters. The van der Waals surface area contributed by atoms with Crippen LogP contribution in [0.2, 0.25) is 0 Å². The quantitative estimate of drug-likeness (QED) is 0.812. The second-order valence-electron chi connectivity index (χ2n) is 3.64. The normalized spacial score (nSPS) is 12.6. The molecule has 0 heterocycles. The van der Waals surface area contributed by atoms with Crippen LogP contribution in [0.4, 0.5) is 11.4 Å². The molecule has 0 saturated heterocycles. The molecular weight excluding hydrogens is 240 g/mol. The van der Waals surface area contributed by atoms with Crippen LogP contribution in [0, 0.1) is 6.92 Å². The molecule has 0 fully saturated rings. The molecular formula is C11H17BrN2. The van der Waals surface area contributed by atoms with Gasteiger partial charge in [0.1, 0.15) is 0 Å². The number of aryl methyl sites for hydroxylation is 1. The van der Waals surface area contributed by atoms with Crippen molar-refractivity contribution in [2.75, 3.05) is 11.1 Å². The maximum Gasteiger partial charge on any atom is 0.0490 e. The molecule has 0 aliphatic rings. The van der Waals surface area contributed by atoms with Gasteiger partial charge in [-0.15, -0.1) is 0 Å². The van der Waals surface area contributed by atoms with E-state index in [-0.39, 0.29) is 0 Å². The molecule has 0 spiro atoms. The number of nitrogens with one attached hydrogen (secondary N) is 1. The zero-order valence-corrected chi connectivity index (χ0v) is 10.5. The molecule has 14 heavy (non-hydrogen) atoms. The average Bonchev–Trinajstić information content (AvgIpc) is 2.14. The summed E-state index contributed by atoms with van der Waals surface area (Å²) in [7, 11) is 0. The molecule has 0 aromatic heterocycles. The molecule has 3 heteroatoms. The van der Waals surface area contributed by atoms with Crippen LogP contribution in [0.1, 0.15) is 25.8 Å². The van der Waals surface area contributed by atoms with Gasteiger partial charge in [-0.1, -0.05) is 6.92 Å². The lowest BCUT2D eigenvalue weighted by atomic mass is 10.1. The third-order valence-electron chi connectivity index (χ3n) is 2.37. The van der Waals surface area contributed by atoms with Crippen LogP contribution in [0.3, 0.4) is 0 Å². The fourth-order valence-electron chi connectivity index (χ4n) is 1.18. The van der Waals surface area contributed by atoms with Gasteiger partial charge < -0.3 is 11.1 Å². The summed E-state index contributed by atoms with van der Waals surface area (Å²) in [4.78, 5) is 0. The smallest absolute Gasteiger partial charge is 0.0490 e. The standard InChI is InChI=1S/C11H17BrN2/c1-4-8(3)14-11-5-7(2)10(13)6-9(11)12/h5-6,8,14H,4,13H2,1-3H3. The second kappa shape index (κ2) is 4.69.